The summed E-state index contributed by atoms with van der Waals surface area (Å²) in [6.07, 6.45) is -3.73. The number of nitrogens with zero attached hydrogens (tertiary/aromatic N) is 6. The quantitative estimate of drug-likeness (QED) is 0.484. The fourth-order valence-electron chi connectivity index (χ4n) is 3.53. The second-order valence-electron chi connectivity index (χ2n) is 8.13. The van der Waals surface area contributed by atoms with E-state index < -0.39 is 51.5 Å². The van der Waals surface area contributed by atoms with Crippen LogP contribution in [0.5, 0.6) is 0 Å². The number of halogens is 4. The lowest BCUT2D eigenvalue weighted by molar-refractivity contribution is -0.117. The highest BCUT2D eigenvalue weighted by molar-refractivity contribution is 7.92. The average molecular weight is 512 g/mol. The number of hydrogen-bond acceptors (Lipinski definition) is 8. The standard InChI is InChI=1S/C21H21F4N7O2S/c1-12-6-13(8-26)9-28-17(12)16(33)7-14-4-5-15(22)18(30-14)20(2)11-35(34,29-10-21(23,24)25)32(3)19(27)31-20/h4-6,9H,7,10-11H2,1-3H3,(H2,27,31)/t20-,35+/m0/s1. The fraction of sp³-hybridized carbons (Fsp3) is 0.381. The van der Waals surface area contributed by atoms with E-state index in [1.807, 2.05) is 6.07 Å². The predicted octanol–water partition coefficient (Wildman–Crippen LogP) is 2.64. The van der Waals surface area contributed by atoms with E-state index in [1.54, 1.807) is 6.92 Å². The van der Waals surface area contributed by atoms with Crippen LogP contribution in [-0.4, -0.2) is 55.7 Å². The molecule has 0 spiro atoms. The summed E-state index contributed by atoms with van der Waals surface area (Å²) in [6.45, 7) is 1.27. The van der Waals surface area contributed by atoms with Gasteiger partial charge < -0.3 is 5.73 Å². The summed E-state index contributed by atoms with van der Waals surface area (Å²) in [4.78, 5) is 25.1. The number of alkyl halides is 3. The second-order valence-corrected chi connectivity index (χ2v) is 10.4. The first-order valence-electron chi connectivity index (χ1n) is 10.1. The topological polar surface area (TPSA) is 138 Å². The Labute approximate surface area is 199 Å². The van der Waals surface area contributed by atoms with Crippen molar-refractivity contribution in [3.8, 4) is 6.07 Å². The summed E-state index contributed by atoms with van der Waals surface area (Å²) in [5.41, 5.74) is 4.76. The predicted molar refractivity (Wildman–Crippen MR) is 119 cm³/mol. The van der Waals surface area contributed by atoms with Crippen LogP contribution in [0.3, 0.4) is 0 Å². The van der Waals surface area contributed by atoms with Gasteiger partial charge in [0.2, 0.25) is 5.96 Å². The number of guanidine groups is 1. The van der Waals surface area contributed by atoms with Crippen LogP contribution in [-0.2, 0) is 21.9 Å². The lowest BCUT2D eigenvalue weighted by atomic mass is 9.98. The molecule has 0 amide bonds. The largest absolute Gasteiger partial charge is 0.408 e. The Balaban J connectivity index is 1.99. The molecule has 2 aromatic rings. The molecular weight excluding hydrogens is 490 g/mol. The van der Waals surface area contributed by atoms with Crippen LogP contribution >= 0.6 is 0 Å². The lowest BCUT2D eigenvalue weighted by Crippen LogP contribution is -2.51. The number of carbonyl (C=O) groups excluding carboxylic acids is 1. The number of Topliss-reactive ketones (excluding diaryl/α,β-unsaturated/α-hetero) is 1. The van der Waals surface area contributed by atoms with E-state index in [0.29, 0.717) is 5.56 Å². The van der Waals surface area contributed by atoms with E-state index in [1.165, 1.54) is 32.3 Å². The molecule has 9 nitrogen and oxygen atoms in total. The molecule has 2 aromatic heterocycles. The first-order chi connectivity index (χ1) is 16.2. The van der Waals surface area contributed by atoms with Crippen LogP contribution in [0, 0.1) is 24.1 Å². The van der Waals surface area contributed by atoms with Gasteiger partial charge in [0.25, 0.3) is 0 Å². The van der Waals surface area contributed by atoms with Crippen molar-refractivity contribution in [3.05, 3.63) is 58.4 Å². The number of nitrogens with two attached hydrogens (primary N) is 1. The molecule has 0 aromatic carbocycles. The Kier molecular flexibility index (Phi) is 6.85. The van der Waals surface area contributed by atoms with E-state index in [-0.39, 0.29) is 29.1 Å². The molecule has 3 rings (SSSR count). The number of aromatic nitrogens is 2. The minimum absolute atomic E-state index is 0.110. The monoisotopic (exact) mass is 511 g/mol. The van der Waals surface area contributed by atoms with E-state index in [2.05, 4.69) is 19.3 Å². The molecule has 3 heterocycles. The third-order valence-electron chi connectivity index (χ3n) is 5.25. The van der Waals surface area contributed by atoms with Crippen LogP contribution in [0.2, 0.25) is 0 Å². The van der Waals surface area contributed by atoms with Crippen molar-refractivity contribution in [2.45, 2.75) is 32.0 Å². The highest BCUT2D eigenvalue weighted by Crippen LogP contribution is 2.34. The van der Waals surface area contributed by atoms with Crippen molar-refractivity contribution in [3.63, 3.8) is 0 Å². The number of hydrogen-bond donors (Lipinski definition) is 1. The lowest BCUT2D eigenvalue weighted by Gasteiger charge is -2.36. The van der Waals surface area contributed by atoms with Gasteiger partial charge in [-0.05, 0) is 37.6 Å². The maximum absolute atomic E-state index is 14.8. The molecule has 0 bridgehead atoms. The van der Waals surface area contributed by atoms with Gasteiger partial charge in [-0.2, -0.15) is 18.4 Å². The maximum Gasteiger partial charge on any atom is 0.408 e. The third kappa shape index (κ3) is 5.56. The number of nitriles is 1. The molecular formula is C21H21F4N7O2S. The summed E-state index contributed by atoms with van der Waals surface area (Å²) >= 11 is 0. The zero-order valence-corrected chi connectivity index (χ0v) is 19.7. The second kappa shape index (κ2) is 9.21. The van der Waals surface area contributed by atoms with Gasteiger partial charge in [-0.1, -0.05) is 0 Å². The van der Waals surface area contributed by atoms with Gasteiger partial charge in [-0.15, -0.1) is 0 Å². The van der Waals surface area contributed by atoms with E-state index in [4.69, 9.17) is 11.0 Å². The van der Waals surface area contributed by atoms with Gasteiger partial charge in [0, 0.05) is 18.9 Å². The normalized spacial score (nSPS) is 22.3. The third-order valence-corrected chi connectivity index (χ3v) is 7.77. The zero-order chi connectivity index (χ0) is 26.2. The number of carbonyl (C=O) groups is 1. The SMILES string of the molecule is Cc1cc(C#N)cnc1C(=O)Cc1ccc(F)c([C@]2(C)C[S@@](=O)(=NCC(F)(F)F)N(C)C(N)=N2)n1. The highest BCUT2D eigenvalue weighted by Gasteiger charge is 2.42. The van der Waals surface area contributed by atoms with Gasteiger partial charge >= 0.3 is 6.18 Å². The summed E-state index contributed by atoms with van der Waals surface area (Å²) in [6, 6.07) is 5.73. The first kappa shape index (κ1) is 26.0. The highest BCUT2D eigenvalue weighted by atomic mass is 32.2. The zero-order valence-electron chi connectivity index (χ0n) is 18.9. The van der Waals surface area contributed by atoms with Crippen LogP contribution in [0.1, 0.15) is 39.9 Å². The Morgan fingerprint density at radius 1 is 1.40 bits per heavy atom. The molecule has 0 saturated carbocycles. The number of rotatable bonds is 5. The van der Waals surface area contributed by atoms with Crippen molar-refractivity contribution in [1.29, 1.82) is 5.26 Å². The molecule has 0 aliphatic carbocycles. The fourth-order valence-corrected chi connectivity index (χ4v) is 5.60. The smallest absolute Gasteiger partial charge is 0.369 e. The van der Waals surface area contributed by atoms with Crippen molar-refractivity contribution in [1.82, 2.24) is 14.3 Å². The minimum Gasteiger partial charge on any atom is -0.369 e. The molecule has 2 N–H and O–H groups in total. The summed E-state index contributed by atoms with van der Waals surface area (Å²) in [5, 5.41) is 8.95. The van der Waals surface area contributed by atoms with E-state index >= 15 is 0 Å². The van der Waals surface area contributed by atoms with Crippen LogP contribution in [0.4, 0.5) is 17.6 Å². The van der Waals surface area contributed by atoms with Crippen molar-refractivity contribution in [2.75, 3.05) is 19.3 Å². The molecule has 1 aliphatic heterocycles. The molecule has 0 saturated heterocycles. The first-order valence-corrected chi connectivity index (χ1v) is 11.7. The molecule has 1 aliphatic rings. The molecule has 186 valence electrons. The molecule has 0 radical (unpaired) electrons. The van der Waals surface area contributed by atoms with Crippen LogP contribution < -0.4 is 5.73 Å². The van der Waals surface area contributed by atoms with Gasteiger partial charge in [-0.25, -0.2) is 18.0 Å². The van der Waals surface area contributed by atoms with Gasteiger partial charge in [0.15, 0.2) is 5.78 Å². The van der Waals surface area contributed by atoms with Gasteiger partial charge in [0.1, 0.15) is 45.3 Å². The summed E-state index contributed by atoms with van der Waals surface area (Å²) < 4.78 is 70.5. The van der Waals surface area contributed by atoms with E-state index in [9.17, 15) is 26.6 Å². The van der Waals surface area contributed by atoms with Crippen molar-refractivity contribution in [2.24, 2.45) is 15.1 Å². The van der Waals surface area contributed by atoms with Crippen LogP contribution in [0.15, 0.2) is 33.8 Å². The maximum atomic E-state index is 14.8. The van der Waals surface area contributed by atoms with Gasteiger partial charge in [-0.3, -0.25) is 19.1 Å². The number of pyridine rings is 2. The Hall–Kier alpha value is -3.60. The van der Waals surface area contributed by atoms with Crippen molar-refractivity contribution < 1.29 is 26.6 Å². The molecule has 35 heavy (non-hydrogen) atoms. The molecule has 14 heteroatoms. The summed E-state index contributed by atoms with van der Waals surface area (Å²) in [7, 11) is -2.56. The number of aliphatic imine (C=N–C) groups is 1. The molecule has 0 unspecified atom stereocenters. The summed E-state index contributed by atoms with van der Waals surface area (Å²) in [5.74, 6) is -2.31. The number of aryl methyl sites for hydroxylation is 1. The molecule has 0 fully saturated rings. The van der Waals surface area contributed by atoms with Crippen LogP contribution in [0.25, 0.3) is 0 Å². The van der Waals surface area contributed by atoms with Crippen molar-refractivity contribution >= 4 is 21.7 Å². The Morgan fingerprint density at radius 3 is 2.69 bits per heavy atom. The molecule has 2 atom stereocenters. The number of ketones is 1. The average Bonchev–Trinajstić information content (AvgIpc) is 2.76. The van der Waals surface area contributed by atoms with E-state index in [0.717, 1.165) is 10.4 Å². The Morgan fingerprint density at radius 2 is 2.09 bits per heavy atom. The minimum atomic E-state index is -4.70. The Bertz CT molecular complexity index is 1380. The van der Waals surface area contributed by atoms with Gasteiger partial charge in [0.05, 0.1) is 17.7 Å².